The predicted molar refractivity (Wildman–Crippen MR) is 32.0 cm³/mol. The second kappa shape index (κ2) is 4.65. The van der Waals surface area contributed by atoms with Gasteiger partial charge in [-0.15, -0.1) is 0 Å². The van der Waals surface area contributed by atoms with Crippen molar-refractivity contribution in [3.63, 3.8) is 0 Å². The van der Waals surface area contributed by atoms with Gasteiger partial charge in [0.25, 0.3) is 0 Å². The van der Waals surface area contributed by atoms with Crippen molar-refractivity contribution in [1.82, 2.24) is 5.32 Å². The van der Waals surface area contributed by atoms with Crippen LogP contribution in [0.2, 0.25) is 0 Å². The molecule has 3 N–H and O–H groups in total. The summed E-state index contributed by atoms with van der Waals surface area (Å²) in [6, 6.07) is 1.80. The zero-order chi connectivity index (χ0) is 7.11. The molecule has 0 aromatic carbocycles. The molecule has 0 saturated carbocycles. The van der Waals surface area contributed by atoms with E-state index in [4.69, 9.17) is 11.0 Å². The molecule has 0 aliphatic heterocycles. The Morgan fingerprint density at radius 3 is 2.89 bits per heavy atom. The Kier molecular flexibility index (Phi) is 3.88. The molecular formula is C5H7N3O. The number of nitrogens with one attached hydrogen (secondary N) is 1. The first-order chi connectivity index (χ1) is 4.35. The number of carbonyl (C=O) groups excluding carboxylic acids is 1. The second-order valence-electron chi connectivity index (χ2n) is 1.30. The van der Waals surface area contributed by atoms with Crippen molar-refractivity contribution in [2.24, 2.45) is 5.73 Å². The third kappa shape index (κ3) is 3.12. The van der Waals surface area contributed by atoms with Crippen molar-refractivity contribution < 1.29 is 4.79 Å². The second-order valence-corrected chi connectivity index (χ2v) is 1.30. The van der Waals surface area contributed by atoms with Gasteiger partial charge in [-0.25, -0.2) is 0 Å². The van der Waals surface area contributed by atoms with Crippen LogP contribution >= 0.6 is 0 Å². The quantitative estimate of drug-likeness (QED) is 0.379. The largest absolute Gasteiger partial charge is 0.404 e. The van der Waals surface area contributed by atoms with E-state index in [-0.39, 0.29) is 6.54 Å². The fourth-order valence-corrected chi connectivity index (χ4v) is 0.287. The number of amides is 1. The molecule has 0 saturated heterocycles. The topological polar surface area (TPSA) is 78.9 Å². The fraction of sp³-hybridized carbons (Fsp3) is 0.200. The Bertz CT molecular complexity index is 156. The van der Waals surface area contributed by atoms with E-state index in [1.165, 1.54) is 0 Å². The minimum atomic E-state index is 0.205. The number of rotatable bonds is 3. The van der Waals surface area contributed by atoms with E-state index in [9.17, 15) is 4.79 Å². The van der Waals surface area contributed by atoms with E-state index in [1.807, 2.05) is 0 Å². The van der Waals surface area contributed by atoms with Gasteiger partial charge in [0.15, 0.2) is 0 Å². The normalized spacial score (nSPS) is 9.89. The highest BCUT2D eigenvalue weighted by Crippen LogP contribution is 1.82. The molecule has 0 unspecified atom stereocenters. The molecule has 0 rings (SSSR count). The molecule has 0 atom stereocenters. The van der Waals surface area contributed by atoms with Gasteiger partial charge in [0.05, 0.1) is 18.2 Å². The van der Waals surface area contributed by atoms with Crippen LogP contribution in [0.15, 0.2) is 11.8 Å². The first-order valence-corrected chi connectivity index (χ1v) is 2.33. The number of carbonyl (C=O) groups is 1. The fourth-order valence-electron chi connectivity index (χ4n) is 0.287. The maximum absolute atomic E-state index is 9.65. The van der Waals surface area contributed by atoms with E-state index >= 15 is 0 Å². The molecule has 0 aliphatic carbocycles. The number of hydrogen-bond donors (Lipinski definition) is 2. The third-order valence-corrected chi connectivity index (χ3v) is 0.721. The smallest absolute Gasteiger partial charge is 0.207 e. The molecule has 0 bridgehead atoms. The van der Waals surface area contributed by atoms with Crippen LogP contribution in [0.3, 0.4) is 0 Å². The molecule has 0 aromatic rings. The lowest BCUT2D eigenvalue weighted by atomic mass is 10.3. The van der Waals surface area contributed by atoms with Crippen LogP contribution in [-0.2, 0) is 4.79 Å². The average Bonchev–Trinajstić information content (AvgIpc) is 1.91. The van der Waals surface area contributed by atoms with E-state index in [1.54, 1.807) is 6.07 Å². The highest BCUT2D eigenvalue weighted by Gasteiger charge is 1.88. The summed E-state index contributed by atoms with van der Waals surface area (Å²) in [5.74, 6) is 0. The minimum Gasteiger partial charge on any atom is -0.404 e. The molecule has 0 fully saturated rings. The van der Waals surface area contributed by atoms with Gasteiger partial charge in [-0.05, 0) is 0 Å². The van der Waals surface area contributed by atoms with Crippen molar-refractivity contribution >= 4 is 6.41 Å². The van der Waals surface area contributed by atoms with Crippen LogP contribution in [0.1, 0.15) is 0 Å². The van der Waals surface area contributed by atoms with Gasteiger partial charge >= 0.3 is 0 Å². The standard InChI is InChI=1S/C5H7N3O/c6-1-5(2-7)3-8-4-9/h1,4H,3,6H2,(H,8,9)/b5-1+. The molecule has 1 amide bonds. The molecule has 0 heterocycles. The first kappa shape index (κ1) is 7.50. The van der Waals surface area contributed by atoms with Crippen LogP contribution in [-0.4, -0.2) is 13.0 Å². The molecule has 0 spiro atoms. The van der Waals surface area contributed by atoms with E-state index in [0.717, 1.165) is 6.20 Å². The highest BCUT2D eigenvalue weighted by atomic mass is 16.1. The molecule has 0 aromatic heterocycles. The van der Waals surface area contributed by atoms with Gasteiger partial charge in [-0.3, -0.25) is 4.79 Å². The molecule has 9 heavy (non-hydrogen) atoms. The van der Waals surface area contributed by atoms with Crippen LogP contribution in [0.25, 0.3) is 0 Å². The Morgan fingerprint density at radius 2 is 2.56 bits per heavy atom. The number of nitrogens with zero attached hydrogens (tertiary/aromatic N) is 1. The Labute approximate surface area is 53.0 Å². The zero-order valence-electron chi connectivity index (χ0n) is 4.79. The van der Waals surface area contributed by atoms with E-state index in [2.05, 4.69) is 5.32 Å². The molecule has 0 radical (unpaired) electrons. The van der Waals surface area contributed by atoms with Gasteiger partial charge in [0.1, 0.15) is 0 Å². The van der Waals surface area contributed by atoms with Crippen molar-refractivity contribution in [3.8, 4) is 6.07 Å². The summed E-state index contributed by atoms with van der Waals surface area (Å²) < 4.78 is 0. The molecule has 4 heteroatoms. The van der Waals surface area contributed by atoms with Crippen LogP contribution in [0.4, 0.5) is 0 Å². The summed E-state index contributed by atoms with van der Waals surface area (Å²) in [5, 5.41) is 10.5. The molecule has 4 nitrogen and oxygen atoms in total. The Balaban J connectivity index is 3.61. The summed E-state index contributed by atoms with van der Waals surface area (Å²) >= 11 is 0. The van der Waals surface area contributed by atoms with Gasteiger partial charge in [0, 0.05) is 6.20 Å². The lowest BCUT2D eigenvalue weighted by Crippen LogP contribution is -2.14. The van der Waals surface area contributed by atoms with Crippen molar-refractivity contribution in [1.29, 1.82) is 5.26 Å². The number of nitrogens with two attached hydrogens (primary N) is 1. The summed E-state index contributed by atoms with van der Waals surface area (Å²) in [4.78, 5) is 9.65. The van der Waals surface area contributed by atoms with Crippen LogP contribution in [0, 0.1) is 11.3 Å². The third-order valence-electron chi connectivity index (χ3n) is 0.721. The highest BCUT2D eigenvalue weighted by molar-refractivity contribution is 5.47. The maximum Gasteiger partial charge on any atom is 0.207 e. The summed E-state index contributed by atoms with van der Waals surface area (Å²) in [5.41, 5.74) is 5.33. The predicted octanol–water partition coefficient (Wildman–Crippen LogP) is -0.901. The van der Waals surface area contributed by atoms with Crippen molar-refractivity contribution in [2.75, 3.05) is 6.54 Å². The number of hydrogen-bond acceptors (Lipinski definition) is 3. The average molecular weight is 125 g/mol. The molecule has 0 aliphatic rings. The number of nitriles is 1. The summed E-state index contributed by atoms with van der Waals surface area (Å²) in [6.45, 7) is 0.205. The molecule has 48 valence electrons. The van der Waals surface area contributed by atoms with Gasteiger partial charge in [0.2, 0.25) is 6.41 Å². The molecular weight excluding hydrogens is 118 g/mol. The first-order valence-electron chi connectivity index (χ1n) is 2.33. The van der Waals surface area contributed by atoms with Gasteiger partial charge in [-0.2, -0.15) is 5.26 Å². The van der Waals surface area contributed by atoms with Crippen LogP contribution in [0.5, 0.6) is 0 Å². The lowest BCUT2D eigenvalue weighted by molar-refractivity contribution is -0.109. The summed E-state index contributed by atoms with van der Waals surface area (Å²) in [7, 11) is 0. The monoisotopic (exact) mass is 125 g/mol. The minimum absolute atomic E-state index is 0.205. The van der Waals surface area contributed by atoms with Gasteiger partial charge < -0.3 is 11.1 Å². The Hall–Kier alpha value is -1.50. The summed E-state index contributed by atoms with van der Waals surface area (Å²) in [6.07, 6.45) is 1.68. The van der Waals surface area contributed by atoms with Crippen molar-refractivity contribution in [3.05, 3.63) is 11.8 Å². The lowest BCUT2D eigenvalue weighted by Gasteiger charge is -1.91. The Morgan fingerprint density at radius 1 is 1.89 bits per heavy atom. The van der Waals surface area contributed by atoms with Crippen LogP contribution < -0.4 is 11.1 Å². The SMILES string of the molecule is N#C/C(=C\N)CNC=O. The zero-order valence-corrected chi connectivity index (χ0v) is 4.79. The van der Waals surface area contributed by atoms with Gasteiger partial charge in [-0.1, -0.05) is 0 Å². The van der Waals surface area contributed by atoms with E-state index < -0.39 is 0 Å². The van der Waals surface area contributed by atoms with Crippen molar-refractivity contribution in [2.45, 2.75) is 0 Å². The maximum atomic E-state index is 9.65. The van der Waals surface area contributed by atoms with E-state index in [0.29, 0.717) is 12.0 Å².